The second-order valence-corrected chi connectivity index (χ2v) is 6.46. The molecule has 0 spiro atoms. The van der Waals surface area contributed by atoms with Gasteiger partial charge < -0.3 is 5.11 Å². The van der Waals surface area contributed by atoms with Gasteiger partial charge in [-0.1, -0.05) is 38.0 Å². The number of thioether (sulfide) groups is 1. The number of carboxylic acid groups (broad SMARTS) is 1. The first kappa shape index (κ1) is 13.5. The Balaban J connectivity index is 1.95. The summed E-state index contributed by atoms with van der Waals surface area (Å²) in [6.45, 7) is 2.32. The Morgan fingerprint density at radius 1 is 1.39 bits per heavy atom. The minimum atomic E-state index is -0.816. The molecule has 0 bridgehead atoms. The van der Waals surface area contributed by atoms with E-state index in [0.717, 1.165) is 17.2 Å². The van der Waals surface area contributed by atoms with Gasteiger partial charge >= 0.3 is 5.97 Å². The van der Waals surface area contributed by atoms with E-state index in [4.69, 9.17) is 5.11 Å². The topological polar surface area (TPSA) is 37.3 Å². The molecule has 0 radical (unpaired) electrons. The van der Waals surface area contributed by atoms with Crippen LogP contribution in [-0.2, 0) is 5.75 Å². The Kier molecular flexibility index (Phi) is 4.70. The maximum absolute atomic E-state index is 11.1. The molecule has 2 rings (SSSR count). The molecule has 18 heavy (non-hydrogen) atoms. The first-order valence-corrected chi connectivity index (χ1v) is 7.64. The van der Waals surface area contributed by atoms with Crippen molar-refractivity contribution in [2.24, 2.45) is 5.92 Å². The minimum absolute atomic E-state index is 0.453. The van der Waals surface area contributed by atoms with Gasteiger partial charge in [-0.15, -0.1) is 0 Å². The molecule has 2 nitrogen and oxygen atoms in total. The first-order valence-electron chi connectivity index (χ1n) is 6.59. The number of hydrogen-bond acceptors (Lipinski definition) is 2. The van der Waals surface area contributed by atoms with Crippen LogP contribution in [0.25, 0.3) is 0 Å². The molecule has 0 heterocycles. The third kappa shape index (κ3) is 3.52. The van der Waals surface area contributed by atoms with Gasteiger partial charge in [0.25, 0.3) is 0 Å². The van der Waals surface area contributed by atoms with Gasteiger partial charge in [-0.2, -0.15) is 11.8 Å². The standard InChI is InChI=1S/C15H20O2S/c1-11-5-4-7-13(9-11)18-10-12-6-2-3-8-14(12)15(16)17/h2-3,6,8,11,13H,4-5,7,9-10H2,1H3,(H,16,17). The second-order valence-electron chi connectivity index (χ2n) is 5.17. The van der Waals surface area contributed by atoms with Crippen LogP contribution in [0.4, 0.5) is 0 Å². The van der Waals surface area contributed by atoms with Gasteiger partial charge in [0, 0.05) is 11.0 Å². The molecule has 1 saturated carbocycles. The van der Waals surface area contributed by atoms with Crippen molar-refractivity contribution in [3.05, 3.63) is 35.4 Å². The molecule has 98 valence electrons. The number of carbonyl (C=O) groups is 1. The van der Waals surface area contributed by atoms with E-state index in [1.165, 1.54) is 25.7 Å². The van der Waals surface area contributed by atoms with E-state index >= 15 is 0 Å². The predicted molar refractivity (Wildman–Crippen MR) is 76.1 cm³/mol. The minimum Gasteiger partial charge on any atom is -0.478 e. The fourth-order valence-electron chi connectivity index (χ4n) is 2.59. The van der Waals surface area contributed by atoms with Crippen molar-refractivity contribution in [1.29, 1.82) is 0 Å². The lowest BCUT2D eigenvalue weighted by atomic mass is 9.91. The lowest BCUT2D eigenvalue weighted by Gasteiger charge is -2.26. The van der Waals surface area contributed by atoms with Crippen LogP contribution in [-0.4, -0.2) is 16.3 Å². The zero-order valence-corrected chi connectivity index (χ0v) is 11.6. The monoisotopic (exact) mass is 264 g/mol. The molecule has 1 aromatic carbocycles. The Labute approximate surface area is 113 Å². The van der Waals surface area contributed by atoms with Crippen LogP contribution in [0.1, 0.15) is 48.5 Å². The summed E-state index contributed by atoms with van der Waals surface area (Å²) in [6, 6.07) is 7.34. The smallest absolute Gasteiger partial charge is 0.335 e. The normalized spacial score (nSPS) is 23.8. The molecule has 0 amide bonds. The van der Waals surface area contributed by atoms with Gasteiger partial charge in [0.1, 0.15) is 0 Å². The van der Waals surface area contributed by atoms with Crippen LogP contribution in [0.3, 0.4) is 0 Å². The number of hydrogen-bond donors (Lipinski definition) is 1. The molecule has 1 aromatic rings. The average molecular weight is 264 g/mol. The summed E-state index contributed by atoms with van der Waals surface area (Å²) in [5.41, 5.74) is 1.40. The van der Waals surface area contributed by atoms with E-state index in [1.54, 1.807) is 12.1 Å². The molecule has 1 fully saturated rings. The van der Waals surface area contributed by atoms with Crippen LogP contribution in [0.2, 0.25) is 0 Å². The molecule has 0 aromatic heterocycles. The van der Waals surface area contributed by atoms with Crippen LogP contribution in [0, 0.1) is 5.92 Å². The number of benzene rings is 1. The fraction of sp³-hybridized carbons (Fsp3) is 0.533. The van der Waals surface area contributed by atoms with Crippen molar-refractivity contribution in [1.82, 2.24) is 0 Å². The van der Waals surface area contributed by atoms with Crippen molar-refractivity contribution in [3.8, 4) is 0 Å². The SMILES string of the molecule is CC1CCCC(SCc2ccccc2C(=O)O)C1. The highest BCUT2D eigenvalue weighted by atomic mass is 32.2. The molecule has 0 aliphatic heterocycles. The lowest BCUT2D eigenvalue weighted by molar-refractivity contribution is 0.0696. The third-order valence-corrected chi connectivity index (χ3v) is 4.99. The zero-order valence-electron chi connectivity index (χ0n) is 10.8. The van der Waals surface area contributed by atoms with E-state index < -0.39 is 5.97 Å². The van der Waals surface area contributed by atoms with Crippen molar-refractivity contribution in [2.75, 3.05) is 0 Å². The van der Waals surface area contributed by atoms with Crippen molar-refractivity contribution >= 4 is 17.7 Å². The Morgan fingerprint density at radius 3 is 2.89 bits per heavy atom. The molecule has 1 N–H and O–H groups in total. The third-order valence-electron chi connectivity index (χ3n) is 3.61. The summed E-state index contributed by atoms with van der Waals surface area (Å²) in [4.78, 5) is 11.1. The Hall–Kier alpha value is -0.960. The van der Waals surface area contributed by atoms with Gasteiger partial charge in [-0.3, -0.25) is 0 Å². The molecule has 2 unspecified atom stereocenters. The van der Waals surface area contributed by atoms with Gasteiger partial charge in [0.05, 0.1) is 5.56 Å². The van der Waals surface area contributed by atoms with Gasteiger partial charge in [0.2, 0.25) is 0 Å². The lowest BCUT2D eigenvalue weighted by Crippen LogP contribution is -2.15. The quantitative estimate of drug-likeness (QED) is 0.885. The summed E-state index contributed by atoms with van der Waals surface area (Å²) in [6.07, 6.45) is 5.23. The molecule has 0 saturated heterocycles. The predicted octanol–water partition coefficient (Wildman–Crippen LogP) is 4.20. The largest absolute Gasteiger partial charge is 0.478 e. The maximum atomic E-state index is 11.1. The van der Waals surface area contributed by atoms with Gasteiger partial charge in [0.15, 0.2) is 0 Å². The number of carboxylic acids is 1. The van der Waals surface area contributed by atoms with Crippen LogP contribution in [0.15, 0.2) is 24.3 Å². The Bertz CT molecular complexity index is 417. The highest BCUT2D eigenvalue weighted by Gasteiger charge is 2.19. The molecule has 1 aliphatic rings. The van der Waals surface area contributed by atoms with Crippen molar-refractivity contribution in [2.45, 2.75) is 43.6 Å². The van der Waals surface area contributed by atoms with E-state index in [9.17, 15) is 4.79 Å². The van der Waals surface area contributed by atoms with Crippen LogP contribution >= 0.6 is 11.8 Å². The molecule has 2 atom stereocenters. The number of aromatic carboxylic acids is 1. The summed E-state index contributed by atoms with van der Waals surface area (Å²) < 4.78 is 0. The fourth-order valence-corrected chi connectivity index (χ4v) is 4.06. The molecule has 3 heteroatoms. The van der Waals surface area contributed by atoms with E-state index in [1.807, 2.05) is 23.9 Å². The Morgan fingerprint density at radius 2 is 2.17 bits per heavy atom. The van der Waals surface area contributed by atoms with Gasteiger partial charge in [-0.05, 0) is 30.4 Å². The van der Waals surface area contributed by atoms with E-state index in [-0.39, 0.29) is 0 Å². The zero-order chi connectivity index (χ0) is 13.0. The number of rotatable bonds is 4. The first-order chi connectivity index (χ1) is 8.66. The van der Waals surface area contributed by atoms with E-state index in [2.05, 4.69) is 6.92 Å². The van der Waals surface area contributed by atoms with Crippen LogP contribution in [0.5, 0.6) is 0 Å². The van der Waals surface area contributed by atoms with Crippen molar-refractivity contribution < 1.29 is 9.90 Å². The summed E-state index contributed by atoms with van der Waals surface area (Å²) in [5, 5.41) is 9.84. The van der Waals surface area contributed by atoms with Crippen LogP contribution < -0.4 is 0 Å². The van der Waals surface area contributed by atoms with Crippen molar-refractivity contribution in [3.63, 3.8) is 0 Å². The van der Waals surface area contributed by atoms with Gasteiger partial charge in [-0.25, -0.2) is 4.79 Å². The average Bonchev–Trinajstić information content (AvgIpc) is 2.37. The molecule has 1 aliphatic carbocycles. The molecular weight excluding hydrogens is 244 g/mol. The summed E-state index contributed by atoms with van der Waals surface area (Å²) in [5.74, 6) is 0.828. The van der Waals surface area contributed by atoms with E-state index in [0.29, 0.717) is 10.8 Å². The summed E-state index contributed by atoms with van der Waals surface area (Å²) in [7, 11) is 0. The second kappa shape index (κ2) is 6.28. The summed E-state index contributed by atoms with van der Waals surface area (Å²) >= 11 is 1.92. The highest BCUT2D eigenvalue weighted by molar-refractivity contribution is 7.99. The maximum Gasteiger partial charge on any atom is 0.335 e. The highest BCUT2D eigenvalue weighted by Crippen LogP contribution is 2.33. The molecular formula is C15H20O2S.